The van der Waals surface area contributed by atoms with Crippen molar-refractivity contribution in [3.63, 3.8) is 0 Å². The number of aryl methyl sites for hydroxylation is 1. The van der Waals surface area contributed by atoms with E-state index in [9.17, 15) is 9.59 Å². The predicted molar refractivity (Wildman–Crippen MR) is 74.2 cm³/mol. The van der Waals surface area contributed by atoms with Crippen molar-refractivity contribution >= 4 is 17.6 Å². The summed E-state index contributed by atoms with van der Waals surface area (Å²) in [4.78, 5) is 22.7. The van der Waals surface area contributed by atoms with Crippen molar-refractivity contribution in [2.24, 2.45) is 5.41 Å². The molecule has 0 spiro atoms. The quantitative estimate of drug-likeness (QED) is 0.586. The molecule has 0 atom stereocenters. The fourth-order valence-electron chi connectivity index (χ4n) is 1.64. The SMILES string of the molecule is C=CC(=O)/C=C(/c1ccc(C)cc1)C(C)(C)C=O. The molecule has 0 saturated heterocycles. The van der Waals surface area contributed by atoms with E-state index in [2.05, 4.69) is 6.58 Å². The maximum atomic E-state index is 11.5. The second-order valence-electron chi connectivity index (χ2n) is 4.87. The minimum absolute atomic E-state index is 0.194. The lowest BCUT2D eigenvalue weighted by atomic mass is 9.80. The van der Waals surface area contributed by atoms with E-state index < -0.39 is 5.41 Å². The Balaban J connectivity index is 3.33. The first-order valence-electron chi connectivity index (χ1n) is 5.82. The Morgan fingerprint density at radius 2 is 1.78 bits per heavy atom. The third kappa shape index (κ3) is 3.27. The number of carbonyl (C=O) groups is 2. The molecule has 94 valence electrons. The Kier molecular flexibility index (Phi) is 4.38. The van der Waals surface area contributed by atoms with Gasteiger partial charge in [0.2, 0.25) is 0 Å². The summed E-state index contributed by atoms with van der Waals surface area (Å²) in [7, 11) is 0. The van der Waals surface area contributed by atoms with Gasteiger partial charge in [0, 0.05) is 5.41 Å². The van der Waals surface area contributed by atoms with Crippen LogP contribution in [0.5, 0.6) is 0 Å². The molecule has 0 bridgehead atoms. The summed E-state index contributed by atoms with van der Waals surface area (Å²) in [5, 5.41) is 0. The summed E-state index contributed by atoms with van der Waals surface area (Å²) in [6, 6.07) is 7.76. The van der Waals surface area contributed by atoms with Gasteiger partial charge < -0.3 is 4.79 Å². The van der Waals surface area contributed by atoms with Gasteiger partial charge in [0.1, 0.15) is 6.29 Å². The van der Waals surface area contributed by atoms with Gasteiger partial charge in [-0.25, -0.2) is 0 Å². The van der Waals surface area contributed by atoms with E-state index in [0.29, 0.717) is 5.57 Å². The van der Waals surface area contributed by atoms with Crippen LogP contribution in [0, 0.1) is 12.3 Å². The van der Waals surface area contributed by atoms with Gasteiger partial charge >= 0.3 is 0 Å². The first-order valence-corrected chi connectivity index (χ1v) is 5.82. The molecule has 2 heteroatoms. The first-order chi connectivity index (χ1) is 8.40. The van der Waals surface area contributed by atoms with Crippen LogP contribution in [-0.4, -0.2) is 12.1 Å². The Morgan fingerprint density at radius 1 is 1.22 bits per heavy atom. The van der Waals surface area contributed by atoms with Crippen molar-refractivity contribution < 1.29 is 9.59 Å². The Bertz CT molecular complexity index is 490. The van der Waals surface area contributed by atoms with Gasteiger partial charge in [0.05, 0.1) is 0 Å². The third-order valence-electron chi connectivity index (χ3n) is 2.84. The van der Waals surface area contributed by atoms with E-state index >= 15 is 0 Å². The van der Waals surface area contributed by atoms with Crippen LogP contribution < -0.4 is 0 Å². The molecule has 1 rings (SSSR count). The molecule has 1 aromatic carbocycles. The fraction of sp³-hybridized carbons (Fsp3) is 0.250. The summed E-state index contributed by atoms with van der Waals surface area (Å²) in [6.07, 6.45) is 3.58. The van der Waals surface area contributed by atoms with Gasteiger partial charge in [-0.2, -0.15) is 0 Å². The molecular formula is C16H18O2. The molecule has 0 saturated carbocycles. The largest absolute Gasteiger partial charge is 0.302 e. The van der Waals surface area contributed by atoms with E-state index in [1.807, 2.05) is 31.2 Å². The smallest absolute Gasteiger partial charge is 0.178 e. The van der Waals surface area contributed by atoms with Crippen molar-refractivity contribution in [3.05, 3.63) is 54.1 Å². The Labute approximate surface area is 108 Å². The molecule has 0 N–H and O–H groups in total. The monoisotopic (exact) mass is 242 g/mol. The highest BCUT2D eigenvalue weighted by molar-refractivity contribution is 6.06. The van der Waals surface area contributed by atoms with E-state index in [1.54, 1.807) is 13.8 Å². The second-order valence-corrected chi connectivity index (χ2v) is 4.87. The van der Waals surface area contributed by atoms with Crippen LogP contribution >= 0.6 is 0 Å². The van der Waals surface area contributed by atoms with Crippen LogP contribution in [0.15, 0.2) is 43.0 Å². The number of allylic oxidation sites excluding steroid dienone is 3. The third-order valence-corrected chi connectivity index (χ3v) is 2.84. The summed E-state index contributed by atoms with van der Waals surface area (Å²) >= 11 is 0. The first kappa shape index (κ1) is 14.1. The zero-order valence-corrected chi connectivity index (χ0v) is 11.1. The average molecular weight is 242 g/mol. The number of benzene rings is 1. The number of ketones is 1. The molecule has 0 aliphatic carbocycles. The number of carbonyl (C=O) groups excluding carboxylic acids is 2. The number of hydrogen-bond acceptors (Lipinski definition) is 2. The zero-order valence-electron chi connectivity index (χ0n) is 11.1. The summed E-state index contributed by atoms with van der Waals surface area (Å²) in [6.45, 7) is 9.03. The van der Waals surface area contributed by atoms with Crippen molar-refractivity contribution in [3.8, 4) is 0 Å². The minimum Gasteiger partial charge on any atom is -0.302 e. The predicted octanol–water partition coefficient (Wildman–Crippen LogP) is 3.36. The minimum atomic E-state index is -0.700. The molecule has 18 heavy (non-hydrogen) atoms. The molecule has 0 fully saturated rings. The van der Waals surface area contributed by atoms with Crippen LogP contribution in [0.3, 0.4) is 0 Å². The highest BCUT2D eigenvalue weighted by atomic mass is 16.1. The average Bonchev–Trinajstić information content (AvgIpc) is 2.36. The van der Waals surface area contributed by atoms with Crippen molar-refractivity contribution in [2.45, 2.75) is 20.8 Å². The standard InChI is InChI=1S/C16H18O2/c1-5-14(18)10-15(16(3,4)11-17)13-8-6-12(2)7-9-13/h5-11H,1H2,2-4H3/b15-10-. The van der Waals surface area contributed by atoms with Gasteiger partial charge in [-0.3, -0.25) is 4.79 Å². The van der Waals surface area contributed by atoms with Crippen LogP contribution in [0.25, 0.3) is 5.57 Å². The molecule has 1 aromatic rings. The fourth-order valence-corrected chi connectivity index (χ4v) is 1.64. The normalized spacial score (nSPS) is 12.1. The van der Waals surface area contributed by atoms with Gasteiger partial charge in [0.25, 0.3) is 0 Å². The molecule has 2 nitrogen and oxygen atoms in total. The van der Waals surface area contributed by atoms with E-state index in [-0.39, 0.29) is 5.78 Å². The van der Waals surface area contributed by atoms with Crippen LogP contribution in [0.2, 0.25) is 0 Å². The Hall–Kier alpha value is -1.96. The maximum Gasteiger partial charge on any atom is 0.178 e. The molecule has 0 aliphatic rings. The second kappa shape index (κ2) is 5.58. The van der Waals surface area contributed by atoms with Gasteiger partial charge in [-0.1, -0.05) is 36.4 Å². The van der Waals surface area contributed by atoms with Crippen molar-refractivity contribution in [1.29, 1.82) is 0 Å². The van der Waals surface area contributed by atoms with Gasteiger partial charge in [-0.05, 0) is 44.1 Å². The van der Waals surface area contributed by atoms with Crippen LogP contribution in [-0.2, 0) is 9.59 Å². The van der Waals surface area contributed by atoms with E-state index in [1.165, 1.54) is 12.2 Å². The summed E-state index contributed by atoms with van der Waals surface area (Å²) < 4.78 is 0. The zero-order chi connectivity index (χ0) is 13.8. The summed E-state index contributed by atoms with van der Waals surface area (Å²) in [5.41, 5.74) is 2.03. The lowest BCUT2D eigenvalue weighted by Crippen LogP contribution is -2.16. The summed E-state index contributed by atoms with van der Waals surface area (Å²) in [5.74, 6) is -0.194. The maximum absolute atomic E-state index is 11.5. The molecule has 0 amide bonds. The molecule has 0 radical (unpaired) electrons. The van der Waals surface area contributed by atoms with Crippen LogP contribution in [0.1, 0.15) is 25.0 Å². The van der Waals surface area contributed by atoms with Gasteiger partial charge in [0.15, 0.2) is 5.78 Å². The molecular weight excluding hydrogens is 224 g/mol. The van der Waals surface area contributed by atoms with E-state index in [0.717, 1.165) is 17.4 Å². The van der Waals surface area contributed by atoms with Crippen molar-refractivity contribution in [2.75, 3.05) is 0 Å². The Morgan fingerprint density at radius 3 is 2.22 bits per heavy atom. The van der Waals surface area contributed by atoms with Gasteiger partial charge in [-0.15, -0.1) is 0 Å². The lowest BCUT2D eigenvalue weighted by Gasteiger charge is -2.21. The number of hydrogen-bond donors (Lipinski definition) is 0. The molecule has 0 heterocycles. The lowest BCUT2D eigenvalue weighted by molar-refractivity contribution is -0.112. The highest BCUT2D eigenvalue weighted by Crippen LogP contribution is 2.32. The topological polar surface area (TPSA) is 34.1 Å². The van der Waals surface area contributed by atoms with Crippen LogP contribution in [0.4, 0.5) is 0 Å². The molecule has 0 aromatic heterocycles. The van der Waals surface area contributed by atoms with E-state index in [4.69, 9.17) is 0 Å². The molecule has 0 unspecified atom stereocenters. The van der Waals surface area contributed by atoms with Crippen molar-refractivity contribution in [1.82, 2.24) is 0 Å². The number of rotatable bonds is 5. The highest BCUT2D eigenvalue weighted by Gasteiger charge is 2.24. The molecule has 0 aliphatic heterocycles. The number of aldehydes is 1.